The van der Waals surface area contributed by atoms with Crippen molar-refractivity contribution in [3.05, 3.63) is 34.4 Å². The fraction of sp³-hybridized carbons (Fsp3) is 0.462. The Bertz CT molecular complexity index is 535. The van der Waals surface area contributed by atoms with Crippen LogP contribution in [0.25, 0.3) is 0 Å². The van der Waals surface area contributed by atoms with Crippen molar-refractivity contribution in [2.75, 3.05) is 25.0 Å². The van der Waals surface area contributed by atoms with Gasteiger partial charge in [-0.05, 0) is 13.0 Å². The summed E-state index contributed by atoms with van der Waals surface area (Å²) in [6, 6.07) is 5.34. The molecule has 1 aromatic rings. The maximum absolute atomic E-state index is 12.2. The van der Waals surface area contributed by atoms with Gasteiger partial charge in [0.1, 0.15) is 0 Å². The van der Waals surface area contributed by atoms with Crippen molar-refractivity contribution >= 4 is 17.4 Å². The van der Waals surface area contributed by atoms with Gasteiger partial charge in [0.25, 0.3) is 5.69 Å². The molecule has 21 heavy (non-hydrogen) atoms. The van der Waals surface area contributed by atoms with Crippen LogP contribution in [-0.2, 0) is 4.74 Å². The summed E-state index contributed by atoms with van der Waals surface area (Å²) in [4.78, 5) is 24.0. The first-order chi connectivity index (χ1) is 9.97. The fourth-order valence-electron chi connectivity index (χ4n) is 2.08. The highest BCUT2D eigenvalue weighted by Gasteiger charge is 2.26. The third kappa shape index (κ3) is 3.89. The van der Waals surface area contributed by atoms with E-state index in [1.54, 1.807) is 11.0 Å². The molecule has 8 heteroatoms. The van der Waals surface area contributed by atoms with Gasteiger partial charge in [0.05, 0.1) is 24.2 Å². The van der Waals surface area contributed by atoms with E-state index in [2.05, 4.69) is 5.32 Å². The number of nitrogens with one attached hydrogen (secondary N) is 1. The van der Waals surface area contributed by atoms with Crippen LogP contribution in [0.4, 0.5) is 16.2 Å². The van der Waals surface area contributed by atoms with Gasteiger partial charge in [0.2, 0.25) is 0 Å². The fourth-order valence-corrected chi connectivity index (χ4v) is 2.08. The van der Waals surface area contributed by atoms with Crippen molar-refractivity contribution in [3.63, 3.8) is 0 Å². The molecule has 1 aliphatic heterocycles. The molecule has 2 rings (SSSR count). The van der Waals surface area contributed by atoms with Crippen molar-refractivity contribution < 1.29 is 14.5 Å². The number of carbonyl (C=O) groups is 1. The third-order valence-corrected chi connectivity index (χ3v) is 3.28. The number of nitrogens with two attached hydrogens (primary N) is 1. The van der Waals surface area contributed by atoms with Gasteiger partial charge >= 0.3 is 6.03 Å². The number of ether oxygens (including phenoxy) is 1. The van der Waals surface area contributed by atoms with Crippen molar-refractivity contribution in [2.24, 2.45) is 5.73 Å². The molecule has 1 heterocycles. The highest BCUT2D eigenvalue weighted by Crippen LogP contribution is 2.18. The number of anilines is 1. The lowest BCUT2D eigenvalue weighted by atomic mass is 10.1. The third-order valence-electron chi connectivity index (χ3n) is 3.28. The van der Waals surface area contributed by atoms with Crippen LogP contribution in [0, 0.1) is 10.1 Å². The van der Waals surface area contributed by atoms with Gasteiger partial charge in [-0.3, -0.25) is 10.1 Å². The second-order valence-corrected chi connectivity index (χ2v) is 4.95. The number of urea groups is 1. The minimum atomic E-state index is -0.503. The lowest BCUT2D eigenvalue weighted by molar-refractivity contribution is -0.384. The van der Waals surface area contributed by atoms with Crippen LogP contribution in [0.1, 0.15) is 6.92 Å². The van der Waals surface area contributed by atoms with Crippen molar-refractivity contribution in [1.82, 2.24) is 4.90 Å². The molecule has 1 aliphatic rings. The lowest BCUT2D eigenvalue weighted by Crippen LogP contribution is -2.52. The van der Waals surface area contributed by atoms with Crippen LogP contribution < -0.4 is 11.1 Å². The molecule has 0 spiro atoms. The molecule has 8 nitrogen and oxygen atoms in total. The van der Waals surface area contributed by atoms with Gasteiger partial charge in [-0.15, -0.1) is 0 Å². The molecular formula is C13H18N4O4. The molecular weight excluding hydrogens is 276 g/mol. The molecule has 2 atom stereocenters. The predicted molar refractivity (Wildman–Crippen MR) is 77.1 cm³/mol. The summed E-state index contributed by atoms with van der Waals surface area (Å²) in [5.74, 6) is 0. The van der Waals surface area contributed by atoms with Gasteiger partial charge in [-0.2, -0.15) is 0 Å². The first-order valence-electron chi connectivity index (χ1n) is 6.65. The zero-order valence-electron chi connectivity index (χ0n) is 11.7. The number of non-ortho nitro benzene ring substituents is 1. The minimum Gasteiger partial charge on any atom is -0.373 e. The number of benzene rings is 1. The average Bonchev–Trinajstić information content (AvgIpc) is 2.47. The van der Waals surface area contributed by atoms with Crippen molar-refractivity contribution in [1.29, 1.82) is 0 Å². The standard InChI is InChI=1S/C13H18N4O4/c1-9(14)12-8-16(5-6-21-12)13(18)15-10-3-2-4-11(7-10)17(19)20/h2-4,7,9,12H,5-6,8,14H2,1H3,(H,15,18). The number of morpholine rings is 1. The molecule has 3 N–H and O–H groups in total. The van der Waals surface area contributed by atoms with Gasteiger partial charge in [0.15, 0.2) is 0 Å². The molecule has 0 aliphatic carbocycles. The number of nitro groups is 1. The van der Waals surface area contributed by atoms with E-state index >= 15 is 0 Å². The number of hydrogen-bond donors (Lipinski definition) is 2. The van der Waals surface area contributed by atoms with E-state index < -0.39 is 4.92 Å². The first kappa shape index (κ1) is 15.2. The number of nitrogens with zero attached hydrogens (tertiary/aromatic N) is 2. The molecule has 1 saturated heterocycles. The Morgan fingerprint density at radius 2 is 2.38 bits per heavy atom. The van der Waals surface area contributed by atoms with Crippen LogP contribution in [0.2, 0.25) is 0 Å². The van der Waals surface area contributed by atoms with E-state index in [4.69, 9.17) is 10.5 Å². The summed E-state index contributed by atoms with van der Waals surface area (Å²) in [6.45, 7) is 3.11. The van der Waals surface area contributed by atoms with Crippen molar-refractivity contribution in [2.45, 2.75) is 19.1 Å². The minimum absolute atomic E-state index is 0.0664. The number of amides is 2. The summed E-state index contributed by atoms with van der Waals surface area (Å²) >= 11 is 0. The molecule has 0 radical (unpaired) electrons. The lowest BCUT2D eigenvalue weighted by Gasteiger charge is -2.34. The van der Waals surface area contributed by atoms with Crippen LogP contribution in [0.3, 0.4) is 0 Å². The van der Waals surface area contributed by atoms with Crippen LogP contribution in [0.5, 0.6) is 0 Å². The van der Waals surface area contributed by atoms with Gasteiger partial charge in [0, 0.05) is 30.4 Å². The SMILES string of the molecule is CC(N)C1CN(C(=O)Nc2cccc([N+](=O)[O-])c2)CCO1. The summed E-state index contributed by atoms with van der Waals surface area (Å²) in [7, 11) is 0. The smallest absolute Gasteiger partial charge is 0.322 e. The highest BCUT2D eigenvalue weighted by molar-refractivity contribution is 5.89. The summed E-state index contributed by atoms with van der Waals surface area (Å²) in [5, 5.41) is 13.4. The topological polar surface area (TPSA) is 111 Å². The van der Waals surface area contributed by atoms with Crippen LogP contribution in [-0.4, -0.2) is 47.7 Å². The quantitative estimate of drug-likeness (QED) is 0.642. The highest BCUT2D eigenvalue weighted by atomic mass is 16.6. The number of hydrogen-bond acceptors (Lipinski definition) is 5. The Morgan fingerprint density at radius 1 is 1.62 bits per heavy atom. The van der Waals surface area contributed by atoms with E-state index in [1.165, 1.54) is 18.2 Å². The zero-order chi connectivity index (χ0) is 15.4. The Morgan fingerprint density at radius 3 is 3.05 bits per heavy atom. The van der Waals surface area contributed by atoms with E-state index in [-0.39, 0.29) is 23.9 Å². The molecule has 0 saturated carbocycles. The second kappa shape index (κ2) is 6.51. The van der Waals surface area contributed by atoms with Gasteiger partial charge < -0.3 is 20.7 Å². The first-order valence-corrected chi connectivity index (χ1v) is 6.65. The van der Waals surface area contributed by atoms with Gasteiger partial charge in [-0.25, -0.2) is 4.79 Å². The summed E-state index contributed by atoms with van der Waals surface area (Å²) in [5.41, 5.74) is 6.10. The average molecular weight is 294 g/mol. The van der Waals surface area contributed by atoms with E-state index in [0.717, 1.165) is 0 Å². The molecule has 0 aromatic heterocycles. The molecule has 2 unspecified atom stereocenters. The molecule has 114 valence electrons. The normalized spacial score (nSPS) is 19.9. The molecule has 1 aromatic carbocycles. The van der Waals surface area contributed by atoms with Crippen molar-refractivity contribution in [3.8, 4) is 0 Å². The molecule has 2 amide bonds. The van der Waals surface area contributed by atoms with Gasteiger partial charge in [-0.1, -0.05) is 6.07 Å². The van der Waals surface area contributed by atoms with E-state index in [0.29, 0.717) is 25.4 Å². The molecule has 0 bridgehead atoms. The Labute approximate surface area is 122 Å². The monoisotopic (exact) mass is 294 g/mol. The predicted octanol–water partition coefficient (Wildman–Crippen LogP) is 1.17. The van der Waals surface area contributed by atoms with Crippen LogP contribution in [0.15, 0.2) is 24.3 Å². The number of nitro benzene ring substituents is 1. The Kier molecular flexibility index (Phi) is 4.71. The zero-order valence-corrected chi connectivity index (χ0v) is 11.7. The Balaban J connectivity index is 2.01. The van der Waals surface area contributed by atoms with E-state index in [1.807, 2.05) is 6.92 Å². The van der Waals surface area contributed by atoms with E-state index in [9.17, 15) is 14.9 Å². The summed E-state index contributed by atoms with van der Waals surface area (Å²) < 4.78 is 5.48. The maximum atomic E-state index is 12.2. The number of carbonyl (C=O) groups excluding carboxylic acids is 1. The van der Waals surface area contributed by atoms with Crippen LogP contribution >= 0.6 is 0 Å². The Hall–Kier alpha value is -2.19. The second-order valence-electron chi connectivity index (χ2n) is 4.95. The summed E-state index contributed by atoms with van der Waals surface area (Å²) in [6.07, 6.45) is -0.199. The maximum Gasteiger partial charge on any atom is 0.322 e. The number of rotatable bonds is 3. The molecule has 1 fully saturated rings. The largest absolute Gasteiger partial charge is 0.373 e.